The van der Waals surface area contributed by atoms with Crippen molar-refractivity contribution >= 4 is 11.8 Å². The molecule has 23 heavy (non-hydrogen) atoms. The third-order valence-electron chi connectivity index (χ3n) is 3.22. The minimum absolute atomic E-state index is 0. The number of nitrogens with two attached hydrogens (primary N) is 1. The maximum absolute atomic E-state index is 12.2. The van der Waals surface area contributed by atoms with Gasteiger partial charge >= 0.3 is 6.09 Å². The van der Waals surface area contributed by atoms with Gasteiger partial charge in [0.15, 0.2) is 0 Å². The second-order valence-corrected chi connectivity index (χ2v) is 6.18. The standard InChI is InChI=1S/C15H23N3O3.2H2O/c1-15(2,3)21-14(19)18-9-5-6-11(18)10-20-13-12(16)7-4-8-17-13;;/h4,7-8,11H,5-6,9-10,16H2,1-3H3;2*1H2/t11-;;/m1../s1. The molecule has 0 saturated carbocycles. The highest BCUT2D eigenvalue weighted by molar-refractivity contribution is 5.69. The minimum atomic E-state index is -0.490. The lowest BCUT2D eigenvalue weighted by Gasteiger charge is -2.28. The Morgan fingerprint density at radius 3 is 2.74 bits per heavy atom. The van der Waals surface area contributed by atoms with Gasteiger partial charge in [0.05, 0.1) is 11.7 Å². The number of anilines is 1. The summed E-state index contributed by atoms with van der Waals surface area (Å²) in [7, 11) is 0. The third kappa shape index (κ3) is 5.91. The van der Waals surface area contributed by atoms with Gasteiger partial charge in [-0.3, -0.25) is 0 Å². The van der Waals surface area contributed by atoms with Gasteiger partial charge in [-0.05, 0) is 45.7 Å². The predicted octanol–water partition coefficient (Wildman–Crippen LogP) is 0.793. The third-order valence-corrected chi connectivity index (χ3v) is 3.22. The van der Waals surface area contributed by atoms with Crippen LogP contribution in [-0.4, -0.2) is 51.7 Å². The molecule has 0 aromatic carbocycles. The van der Waals surface area contributed by atoms with Gasteiger partial charge in [-0.1, -0.05) is 0 Å². The molecule has 132 valence electrons. The zero-order valence-corrected chi connectivity index (χ0v) is 13.8. The molecule has 8 nitrogen and oxygen atoms in total. The van der Waals surface area contributed by atoms with Gasteiger partial charge < -0.3 is 31.1 Å². The number of hydrogen-bond acceptors (Lipinski definition) is 5. The fourth-order valence-corrected chi connectivity index (χ4v) is 2.27. The topological polar surface area (TPSA) is 141 Å². The molecule has 1 aromatic heterocycles. The van der Waals surface area contributed by atoms with E-state index < -0.39 is 5.60 Å². The monoisotopic (exact) mass is 329 g/mol. The SMILES string of the molecule is CC(C)(C)OC(=O)N1CCC[C@@H]1COc1ncccc1N.O.O. The molecule has 1 aliphatic heterocycles. The van der Waals surface area contributed by atoms with Crippen molar-refractivity contribution in [3.05, 3.63) is 18.3 Å². The summed E-state index contributed by atoms with van der Waals surface area (Å²) in [5.41, 5.74) is 5.80. The van der Waals surface area contributed by atoms with Crippen LogP contribution in [0.3, 0.4) is 0 Å². The van der Waals surface area contributed by atoms with E-state index in [0.717, 1.165) is 12.8 Å². The van der Waals surface area contributed by atoms with E-state index in [-0.39, 0.29) is 23.1 Å². The summed E-state index contributed by atoms with van der Waals surface area (Å²) in [6, 6.07) is 3.49. The highest BCUT2D eigenvalue weighted by atomic mass is 16.6. The summed E-state index contributed by atoms with van der Waals surface area (Å²) in [6.45, 7) is 6.66. The molecule has 8 heteroatoms. The maximum Gasteiger partial charge on any atom is 0.410 e. The summed E-state index contributed by atoms with van der Waals surface area (Å²) in [5, 5.41) is 0. The second-order valence-electron chi connectivity index (χ2n) is 6.18. The average molecular weight is 329 g/mol. The van der Waals surface area contributed by atoms with E-state index >= 15 is 0 Å². The van der Waals surface area contributed by atoms with E-state index in [2.05, 4.69) is 4.98 Å². The van der Waals surface area contributed by atoms with Gasteiger partial charge in [-0.25, -0.2) is 9.78 Å². The second kappa shape index (κ2) is 8.54. The van der Waals surface area contributed by atoms with Crippen LogP contribution in [0.4, 0.5) is 10.5 Å². The molecule has 1 amide bonds. The summed E-state index contributed by atoms with van der Waals surface area (Å²) in [4.78, 5) is 18.0. The van der Waals surface area contributed by atoms with Gasteiger partial charge in [0.1, 0.15) is 12.2 Å². The van der Waals surface area contributed by atoms with E-state index in [1.165, 1.54) is 0 Å². The molecule has 1 fully saturated rings. The van der Waals surface area contributed by atoms with Crippen LogP contribution in [0.2, 0.25) is 0 Å². The van der Waals surface area contributed by atoms with E-state index in [1.807, 2.05) is 20.8 Å². The van der Waals surface area contributed by atoms with Crippen molar-refractivity contribution in [2.75, 3.05) is 18.9 Å². The Morgan fingerprint density at radius 1 is 1.43 bits per heavy atom. The summed E-state index contributed by atoms with van der Waals surface area (Å²) in [6.07, 6.45) is 3.19. The first kappa shape index (κ1) is 20.9. The highest BCUT2D eigenvalue weighted by Crippen LogP contribution is 2.23. The maximum atomic E-state index is 12.2. The van der Waals surface area contributed by atoms with Crippen molar-refractivity contribution in [3.8, 4) is 5.88 Å². The molecule has 2 heterocycles. The Bertz CT molecular complexity index is 504. The van der Waals surface area contributed by atoms with Crippen LogP contribution in [0.1, 0.15) is 33.6 Å². The largest absolute Gasteiger partial charge is 0.474 e. The van der Waals surface area contributed by atoms with Gasteiger partial charge in [-0.2, -0.15) is 0 Å². The molecule has 0 aliphatic carbocycles. The van der Waals surface area contributed by atoms with Crippen LogP contribution in [0.15, 0.2) is 18.3 Å². The number of ether oxygens (including phenoxy) is 2. The average Bonchev–Trinajstić information content (AvgIpc) is 2.84. The minimum Gasteiger partial charge on any atom is -0.474 e. The van der Waals surface area contributed by atoms with Crippen molar-refractivity contribution in [1.82, 2.24) is 9.88 Å². The zero-order chi connectivity index (χ0) is 15.5. The van der Waals surface area contributed by atoms with E-state index in [1.54, 1.807) is 23.2 Å². The number of pyridine rings is 1. The number of nitrogen functional groups attached to an aromatic ring is 1. The number of nitrogens with zero attached hydrogens (tertiary/aromatic N) is 2. The van der Waals surface area contributed by atoms with Gasteiger partial charge in [-0.15, -0.1) is 0 Å². The molecular weight excluding hydrogens is 302 g/mol. The number of carbonyl (C=O) groups is 1. The Morgan fingerprint density at radius 2 is 2.13 bits per heavy atom. The van der Waals surface area contributed by atoms with E-state index in [9.17, 15) is 4.79 Å². The summed E-state index contributed by atoms with van der Waals surface area (Å²) >= 11 is 0. The van der Waals surface area contributed by atoms with Gasteiger partial charge in [0.2, 0.25) is 5.88 Å². The van der Waals surface area contributed by atoms with Gasteiger partial charge in [0, 0.05) is 12.7 Å². The van der Waals surface area contributed by atoms with E-state index in [4.69, 9.17) is 15.2 Å². The Labute approximate surface area is 136 Å². The molecule has 0 radical (unpaired) electrons. The molecule has 6 N–H and O–H groups in total. The van der Waals surface area contributed by atoms with Crippen LogP contribution in [0, 0.1) is 0 Å². The van der Waals surface area contributed by atoms with E-state index in [0.29, 0.717) is 24.7 Å². The lowest BCUT2D eigenvalue weighted by Crippen LogP contribution is -2.42. The first-order chi connectivity index (χ1) is 9.87. The Kier molecular flexibility index (Phi) is 7.78. The molecule has 1 saturated heterocycles. The molecule has 1 atom stereocenters. The molecule has 1 aliphatic rings. The molecule has 0 unspecified atom stereocenters. The van der Waals surface area contributed by atoms with Crippen LogP contribution in [0.5, 0.6) is 5.88 Å². The number of carbonyl (C=O) groups excluding carboxylic acids is 1. The first-order valence-corrected chi connectivity index (χ1v) is 7.20. The summed E-state index contributed by atoms with van der Waals surface area (Å²) in [5.74, 6) is 0.411. The molecule has 1 aromatic rings. The molecule has 0 bridgehead atoms. The first-order valence-electron chi connectivity index (χ1n) is 7.20. The van der Waals surface area contributed by atoms with Crippen LogP contribution in [-0.2, 0) is 4.74 Å². The smallest absolute Gasteiger partial charge is 0.410 e. The fraction of sp³-hybridized carbons (Fsp3) is 0.600. The normalized spacial score (nSPS) is 17.0. The lowest BCUT2D eigenvalue weighted by atomic mass is 10.2. The number of likely N-dealkylation sites (tertiary alicyclic amines) is 1. The van der Waals surface area contributed by atoms with Crippen molar-refractivity contribution in [2.24, 2.45) is 0 Å². The van der Waals surface area contributed by atoms with Crippen LogP contribution >= 0.6 is 0 Å². The van der Waals surface area contributed by atoms with Crippen molar-refractivity contribution in [3.63, 3.8) is 0 Å². The van der Waals surface area contributed by atoms with Crippen LogP contribution in [0.25, 0.3) is 0 Å². The van der Waals surface area contributed by atoms with Gasteiger partial charge in [0.25, 0.3) is 0 Å². The predicted molar refractivity (Wildman–Crippen MR) is 87.3 cm³/mol. The van der Waals surface area contributed by atoms with Crippen molar-refractivity contribution in [1.29, 1.82) is 0 Å². The van der Waals surface area contributed by atoms with Crippen molar-refractivity contribution in [2.45, 2.75) is 45.3 Å². The summed E-state index contributed by atoms with van der Waals surface area (Å²) < 4.78 is 11.1. The number of aromatic nitrogens is 1. The highest BCUT2D eigenvalue weighted by Gasteiger charge is 2.32. The lowest BCUT2D eigenvalue weighted by molar-refractivity contribution is 0.0186. The molecule has 2 rings (SSSR count). The number of rotatable bonds is 3. The van der Waals surface area contributed by atoms with Crippen LogP contribution < -0.4 is 10.5 Å². The Balaban J connectivity index is 0.00000242. The molecular formula is C15H27N3O5. The zero-order valence-electron chi connectivity index (χ0n) is 13.8. The van der Waals surface area contributed by atoms with Crippen molar-refractivity contribution < 1.29 is 25.2 Å². The fourth-order valence-electron chi connectivity index (χ4n) is 2.27. The Hall–Kier alpha value is -2.06. The number of hydrogen-bond donors (Lipinski definition) is 1. The number of amides is 1. The quantitative estimate of drug-likeness (QED) is 0.872. The molecule has 0 spiro atoms.